The van der Waals surface area contributed by atoms with Crippen molar-refractivity contribution in [3.05, 3.63) is 59.7 Å². The Balaban J connectivity index is 1.31. The van der Waals surface area contributed by atoms with Crippen molar-refractivity contribution < 1.29 is 27.1 Å². The first-order valence-corrected chi connectivity index (χ1v) is 11.0. The van der Waals surface area contributed by atoms with E-state index in [1.807, 2.05) is 12.1 Å². The molecular weight excluding hydrogens is 476 g/mol. The highest BCUT2D eigenvalue weighted by Gasteiger charge is 2.31. The molecule has 8 nitrogen and oxygen atoms in total. The average molecular weight is 494 g/mol. The van der Waals surface area contributed by atoms with Crippen LogP contribution in [0.25, 0.3) is 5.57 Å². The number of halogens is 4. The van der Waals surface area contributed by atoms with Crippen LogP contribution in [0.5, 0.6) is 5.75 Å². The average Bonchev–Trinajstić information content (AvgIpc) is 3.22. The summed E-state index contributed by atoms with van der Waals surface area (Å²) in [5.74, 6) is -2.08. The van der Waals surface area contributed by atoms with Crippen molar-refractivity contribution in [1.29, 1.82) is 0 Å². The van der Waals surface area contributed by atoms with Gasteiger partial charge in [0.15, 0.2) is 0 Å². The minimum Gasteiger partial charge on any atom is -0.406 e. The smallest absolute Gasteiger partial charge is 0.406 e. The number of amides is 1. The predicted molar refractivity (Wildman–Crippen MR) is 117 cm³/mol. The van der Waals surface area contributed by atoms with E-state index < -0.39 is 30.3 Å². The van der Waals surface area contributed by atoms with E-state index in [0.717, 1.165) is 60.1 Å². The summed E-state index contributed by atoms with van der Waals surface area (Å²) in [6.45, 7) is 0. The molecule has 1 aliphatic carbocycles. The van der Waals surface area contributed by atoms with Gasteiger partial charge in [-0.1, -0.05) is 17.4 Å². The lowest BCUT2D eigenvalue weighted by Crippen LogP contribution is -2.21. The highest BCUT2D eigenvalue weighted by molar-refractivity contribution is 7.19. The second kappa shape index (κ2) is 10.1. The number of carbonyl (C=O) groups is 1. The molecule has 13 heteroatoms. The number of hydrogen-bond acceptors (Lipinski definition) is 8. The number of aromatic nitrogens is 4. The molecule has 2 aromatic heterocycles. The lowest BCUT2D eigenvalue weighted by atomic mass is 9.93. The molecule has 2 N–H and O–H groups in total. The summed E-state index contributed by atoms with van der Waals surface area (Å²) < 4.78 is 54.8. The summed E-state index contributed by atoms with van der Waals surface area (Å²) in [5.41, 5.74) is 1.75. The molecule has 0 spiro atoms. The molecule has 2 heterocycles. The van der Waals surface area contributed by atoms with Gasteiger partial charge in [-0.25, -0.2) is 4.39 Å². The van der Waals surface area contributed by atoms with E-state index in [4.69, 9.17) is 0 Å². The zero-order chi connectivity index (χ0) is 24.1. The predicted octanol–water partition coefficient (Wildman–Crippen LogP) is 4.60. The first-order valence-electron chi connectivity index (χ1n) is 10.2. The van der Waals surface area contributed by atoms with Gasteiger partial charge in [0, 0.05) is 17.8 Å². The van der Waals surface area contributed by atoms with E-state index in [0.29, 0.717) is 5.13 Å². The number of allylic oxidation sites excluding steroid dienone is 1. The maximum absolute atomic E-state index is 13.9. The summed E-state index contributed by atoms with van der Waals surface area (Å²) in [6, 6.07) is 6.36. The number of carbonyl (C=O) groups excluding carboxylic acids is 1. The highest BCUT2D eigenvalue weighted by Crippen LogP contribution is 2.29. The Morgan fingerprint density at radius 1 is 1.18 bits per heavy atom. The molecule has 4 rings (SSSR count). The van der Waals surface area contributed by atoms with Gasteiger partial charge < -0.3 is 15.4 Å². The second-order valence-electron chi connectivity index (χ2n) is 7.39. The number of anilines is 2. The molecular formula is C21H18F4N6O2S. The summed E-state index contributed by atoms with van der Waals surface area (Å²) >= 11 is 1.10. The van der Waals surface area contributed by atoms with Gasteiger partial charge in [0.05, 0.1) is 12.1 Å². The van der Waals surface area contributed by atoms with Crippen LogP contribution in [0.3, 0.4) is 0 Å². The van der Waals surface area contributed by atoms with E-state index in [-0.39, 0.29) is 16.7 Å². The molecule has 1 amide bonds. The fraction of sp³-hybridized carbons (Fsp3) is 0.286. The minimum atomic E-state index is -4.92. The van der Waals surface area contributed by atoms with Crippen LogP contribution in [0.4, 0.5) is 27.8 Å². The Morgan fingerprint density at radius 3 is 2.71 bits per heavy atom. The molecule has 0 saturated heterocycles. The number of nitrogens with zero attached hydrogens (tertiary/aromatic N) is 4. The number of alkyl halides is 3. The van der Waals surface area contributed by atoms with Crippen LogP contribution in [0.2, 0.25) is 0 Å². The van der Waals surface area contributed by atoms with Crippen molar-refractivity contribution in [1.82, 2.24) is 20.4 Å². The third-order valence-corrected chi connectivity index (χ3v) is 5.68. The van der Waals surface area contributed by atoms with Crippen molar-refractivity contribution in [2.24, 2.45) is 0 Å². The summed E-state index contributed by atoms with van der Waals surface area (Å²) in [6.07, 6.45) is 0.725. The molecule has 0 unspecified atom stereocenters. The molecule has 178 valence electrons. The van der Waals surface area contributed by atoms with E-state index in [2.05, 4.69) is 41.8 Å². The van der Waals surface area contributed by atoms with E-state index in [1.165, 1.54) is 0 Å². The molecule has 0 radical (unpaired) electrons. The quantitative estimate of drug-likeness (QED) is 0.463. The zero-order valence-corrected chi connectivity index (χ0v) is 18.3. The largest absolute Gasteiger partial charge is 0.573 e. The summed E-state index contributed by atoms with van der Waals surface area (Å²) in [5, 5.41) is 22.3. The van der Waals surface area contributed by atoms with Crippen molar-refractivity contribution in [3.63, 3.8) is 0 Å². The van der Waals surface area contributed by atoms with Gasteiger partial charge in [0.25, 0.3) is 0 Å². The number of hydrogen-bond donors (Lipinski definition) is 2. The zero-order valence-electron chi connectivity index (χ0n) is 17.5. The molecule has 3 aromatic rings. The SMILES string of the molecule is O=C(Cc1cc(OC(F)(F)F)ccc1F)Nc1nnc(N[C@@H]2CC=C(c3cccnn3)CC2)s1. The van der Waals surface area contributed by atoms with Gasteiger partial charge in [0.1, 0.15) is 11.6 Å². The summed E-state index contributed by atoms with van der Waals surface area (Å²) in [4.78, 5) is 12.3. The van der Waals surface area contributed by atoms with Crippen LogP contribution in [0.1, 0.15) is 30.5 Å². The van der Waals surface area contributed by atoms with Crippen LogP contribution in [-0.2, 0) is 11.2 Å². The molecule has 0 saturated carbocycles. The standard InChI is InChI=1S/C21H18F4N6O2S/c22-16-8-7-15(33-21(23,24)25)10-13(16)11-18(32)28-20-31-30-19(34-20)27-14-5-3-12(4-6-14)17-2-1-9-26-29-17/h1-3,7-10,14H,4-6,11H2,(H,27,30)(H,28,31,32)/t14-/m1/s1. The molecule has 0 bridgehead atoms. The Bertz CT molecular complexity index is 1190. The van der Waals surface area contributed by atoms with E-state index in [1.54, 1.807) is 6.20 Å². The fourth-order valence-electron chi connectivity index (χ4n) is 3.40. The third kappa shape index (κ3) is 6.47. The molecule has 0 aliphatic heterocycles. The van der Waals surface area contributed by atoms with Gasteiger partial charge in [-0.3, -0.25) is 4.79 Å². The number of benzene rings is 1. The van der Waals surface area contributed by atoms with E-state index in [9.17, 15) is 22.4 Å². The molecule has 1 atom stereocenters. The summed E-state index contributed by atoms with van der Waals surface area (Å²) in [7, 11) is 0. The van der Waals surface area contributed by atoms with Crippen molar-refractivity contribution in [2.45, 2.75) is 38.1 Å². The van der Waals surface area contributed by atoms with Gasteiger partial charge >= 0.3 is 6.36 Å². The fourth-order valence-corrected chi connectivity index (χ4v) is 4.13. The van der Waals surface area contributed by atoms with E-state index >= 15 is 0 Å². The Kier molecular flexibility index (Phi) is 7.01. The molecule has 1 aromatic carbocycles. The third-order valence-electron chi connectivity index (χ3n) is 4.91. The first kappa shape index (κ1) is 23.5. The maximum Gasteiger partial charge on any atom is 0.573 e. The van der Waals surface area contributed by atoms with Gasteiger partial charge in [-0.05, 0) is 55.2 Å². The number of ether oxygens (including phenoxy) is 1. The Labute approximate surface area is 195 Å². The van der Waals surface area contributed by atoms with Crippen molar-refractivity contribution in [3.8, 4) is 5.75 Å². The van der Waals surface area contributed by atoms with Gasteiger partial charge in [-0.2, -0.15) is 10.2 Å². The van der Waals surface area contributed by atoms with Crippen molar-refractivity contribution >= 4 is 33.1 Å². The molecule has 1 aliphatic rings. The van der Waals surface area contributed by atoms with Crippen LogP contribution in [-0.4, -0.2) is 38.7 Å². The first-order chi connectivity index (χ1) is 16.2. The maximum atomic E-state index is 13.9. The van der Waals surface area contributed by atoms with Crippen LogP contribution < -0.4 is 15.4 Å². The second-order valence-corrected chi connectivity index (χ2v) is 8.37. The molecule has 0 fully saturated rings. The Morgan fingerprint density at radius 2 is 2.00 bits per heavy atom. The van der Waals surface area contributed by atoms with Crippen molar-refractivity contribution in [2.75, 3.05) is 10.6 Å². The van der Waals surface area contributed by atoms with Crippen LogP contribution >= 0.6 is 11.3 Å². The lowest BCUT2D eigenvalue weighted by molar-refractivity contribution is -0.274. The molecule has 34 heavy (non-hydrogen) atoms. The van der Waals surface area contributed by atoms with Crippen LogP contribution in [0, 0.1) is 5.82 Å². The van der Waals surface area contributed by atoms with Crippen LogP contribution in [0.15, 0.2) is 42.6 Å². The normalized spacial score (nSPS) is 16.0. The van der Waals surface area contributed by atoms with Gasteiger partial charge in [0.2, 0.25) is 16.2 Å². The lowest BCUT2D eigenvalue weighted by Gasteiger charge is -2.22. The van der Waals surface area contributed by atoms with Gasteiger partial charge in [-0.15, -0.1) is 23.4 Å². The number of rotatable bonds is 7. The topological polar surface area (TPSA) is 102 Å². The number of nitrogens with one attached hydrogen (secondary N) is 2. The Hall–Kier alpha value is -3.61. The minimum absolute atomic E-state index is 0.127. The monoisotopic (exact) mass is 494 g/mol. The highest BCUT2D eigenvalue weighted by atomic mass is 32.1.